The molecule has 0 radical (unpaired) electrons. The molecule has 0 heterocycles. The maximum atomic E-state index is 13.5. The second-order valence-corrected chi connectivity index (χ2v) is 3.71. The van der Waals surface area contributed by atoms with Crippen molar-refractivity contribution in [2.75, 3.05) is 19.6 Å². The molecule has 1 amide bonds. The van der Waals surface area contributed by atoms with Gasteiger partial charge in [-0.25, -0.2) is 4.39 Å². The number of rotatable bonds is 5. The zero-order valence-electron chi connectivity index (χ0n) is 9.82. The highest BCUT2D eigenvalue weighted by molar-refractivity contribution is 5.97. The molecule has 0 saturated heterocycles. The Hall–Kier alpha value is -1.62. The maximum absolute atomic E-state index is 13.5. The summed E-state index contributed by atoms with van der Waals surface area (Å²) in [5.41, 5.74) is 5.12. The van der Waals surface area contributed by atoms with Crippen LogP contribution in [0, 0.1) is 5.82 Å². The average Bonchev–Trinajstić information content (AvgIpc) is 2.28. The summed E-state index contributed by atoms with van der Waals surface area (Å²) in [7, 11) is 0. The number of carbonyl (C=O) groups excluding carboxylic acids is 1. The molecule has 0 atom stereocenters. The van der Waals surface area contributed by atoms with Crippen LogP contribution in [0.2, 0.25) is 0 Å². The van der Waals surface area contributed by atoms with Gasteiger partial charge in [-0.15, -0.1) is 0 Å². The molecule has 0 spiro atoms. The molecule has 1 rings (SSSR count). The molecule has 0 aliphatic carbocycles. The summed E-state index contributed by atoms with van der Waals surface area (Å²) in [6.45, 7) is 3.06. The number of phenolic OH excluding ortho intramolecular Hbond substituents is 1. The monoisotopic (exact) mass is 240 g/mol. The molecule has 5 heteroatoms. The number of halogens is 1. The Labute approximate surface area is 99.8 Å². The van der Waals surface area contributed by atoms with Gasteiger partial charge in [0.15, 0.2) is 0 Å². The lowest BCUT2D eigenvalue weighted by molar-refractivity contribution is 0.0752. The van der Waals surface area contributed by atoms with Gasteiger partial charge in [-0.05, 0) is 18.6 Å². The molecular weight excluding hydrogens is 223 g/mol. The van der Waals surface area contributed by atoms with Crippen molar-refractivity contribution in [2.45, 2.75) is 13.3 Å². The fourth-order valence-corrected chi connectivity index (χ4v) is 1.62. The van der Waals surface area contributed by atoms with Gasteiger partial charge in [0.1, 0.15) is 17.1 Å². The van der Waals surface area contributed by atoms with Crippen LogP contribution in [0.3, 0.4) is 0 Å². The highest BCUT2D eigenvalue weighted by Gasteiger charge is 2.21. The highest BCUT2D eigenvalue weighted by Crippen LogP contribution is 2.21. The number of phenols is 1. The first kappa shape index (κ1) is 13.4. The molecule has 0 bridgehead atoms. The van der Waals surface area contributed by atoms with Crippen molar-refractivity contribution in [2.24, 2.45) is 5.73 Å². The zero-order chi connectivity index (χ0) is 12.8. The van der Waals surface area contributed by atoms with Gasteiger partial charge in [0, 0.05) is 19.6 Å². The predicted molar refractivity (Wildman–Crippen MR) is 63.3 cm³/mol. The average molecular weight is 240 g/mol. The van der Waals surface area contributed by atoms with Crippen LogP contribution < -0.4 is 5.73 Å². The Kier molecular flexibility index (Phi) is 4.90. The third-order valence-corrected chi connectivity index (χ3v) is 2.39. The van der Waals surface area contributed by atoms with E-state index in [1.54, 1.807) is 0 Å². The molecule has 17 heavy (non-hydrogen) atoms. The molecule has 1 aromatic rings. The topological polar surface area (TPSA) is 66.6 Å². The molecule has 0 unspecified atom stereocenters. The van der Waals surface area contributed by atoms with Crippen LogP contribution in [0.25, 0.3) is 0 Å². The summed E-state index contributed by atoms with van der Waals surface area (Å²) < 4.78 is 13.5. The van der Waals surface area contributed by atoms with Crippen molar-refractivity contribution in [1.29, 1.82) is 0 Å². The first-order chi connectivity index (χ1) is 8.11. The summed E-state index contributed by atoms with van der Waals surface area (Å²) in [6, 6.07) is 3.80. The van der Waals surface area contributed by atoms with Crippen LogP contribution >= 0.6 is 0 Å². The van der Waals surface area contributed by atoms with Gasteiger partial charge in [-0.2, -0.15) is 0 Å². The van der Waals surface area contributed by atoms with Gasteiger partial charge in [-0.1, -0.05) is 13.0 Å². The van der Waals surface area contributed by atoms with E-state index >= 15 is 0 Å². The van der Waals surface area contributed by atoms with E-state index in [9.17, 15) is 14.3 Å². The van der Waals surface area contributed by atoms with Crippen LogP contribution in [0.15, 0.2) is 18.2 Å². The van der Waals surface area contributed by atoms with Crippen molar-refractivity contribution < 1.29 is 14.3 Å². The summed E-state index contributed by atoms with van der Waals surface area (Å²) in [5, 5.41) is 9.53. The molecule has 0 saturated carbocycles. The van der Waals surface area contributed by atoms with Gasteiger partial charge < -0.3 is 15.7 Å². The summed E-state index contributed by atoms with van der Waals surface area (Å²) >= 11 is 0. The van der Waals surface area contributed by atoms with Crippen molar-refractivity contribution >= 4 is 5.91 Å². The minimum atomic E-state index is -0.715. The Bertz CT molecular complexity index is 370. The Balaban J connectivity index is 3.00. The molecule has 3 N–H and O–H groups in total. The van der Waals surface area contributed by atoms with E-state index in [0.717, 1.165) is 12.5 Å². The maximum Gasteiger partial charge on any atom is 0.260 e. The number of nitrogens with zero attached hydrogens (tertiary/aromatic N) is 1. The van der Waals surface area contributed by atoms with E-state index in [1.807, 2.05) is 6.92 Å². The number of hydrogen-bond donors (Lipinski definition) is 2. The van der Waals surface area contributed by atoms with Crippen LogP contribution in [-0.4, -0.2) is 35.5 Å². The van der Waals surface area contributed by atoms with Gasteiger partial charge in [0.25, 0.3) is 5.91 Å². The molecular formula is C12H17FN2O2. The summed E-state index contributed by atoms with van der Waals surface area (Å²) in [5.74, 6) is -1.57. The van der Waals surface area contributed by atoms with Crippen molar-refractivity contribution in [3.05, 3.63) is 29.6 Å². The van der Waals surface area contributed by atoms with E-state index in [1.165, 1.54) is 17.0 Å². The lowest BCUT2D eigenvalue weighted by atomic mass is 10.1. The number of benzene rings is 1. The fourth-order valence-electron chi connectivity index (χ4n) is 1.62. The van der Waals surface area contributed by atoms with Gasteiger partial charge in [-0.3, -0.25) is 4.79 Å². The van der Waals surface area contributed by atoms with Crippen LogP contribution in [0.5, 0.6) is 5.75 Å². The Morgan fingerprint density at radius 1 is 1.47 bits per heavy atom. The molecule has 1 aromatic carbocycles. The zero-order valence-corrected chi connectivity index (χ0v) is 9.82. The van der Waals surface area contributed by atoms with Crippen LogP contribution in [-0.2, 0) is 0 Å². The van der Waals surface area contributed by atoms with Gasteiger partial charge >= 0.3 is 0 Å². The van der Waals surface area contributed by atoms with Crippen LogP contribution in [0.1, 0.15) is 23.7 Å². The fraction of sp³-hybridized carbons (Fsp3) is 0.417. The normalized spacial score (nSPS) is 10.3. The first-order valence-corrected chi connectivity index (χ1v) is 5.58. The lowest BCUT2D eigenvalue weighted by Gasteiger charge is -2.21. The minimum Gasteiger partial charge on any atom is -0.507 e. The Morgan fingerprint density at radius 3 is 2.71 bits per heavy atom. The third-order valence-electron chi connectivity index (χ3n) is 2.39. The molecule has 0 aliphatic rings. The van der Waals surface area contributed by atoms with Crippen molar-refractivity contribution in [1.82, 2.24) is 4.90 Å². The quantitative estimate of drug-likeness (QED) is 0.816. The van der Waals surface area contributed by atoms with E-state index in [4.69, 9.17) is 5.73 Å². The number of nitrogens with two attached hydrogens (primary N) is 1. The lowest BCUT2D eigenvalue weighted by Crippen LogP contribution is -2.36. The number of hydrogen-bond acceptors (Lipinski definition) is 3. The molecule has 0 aromatic heterocycles. The van der Waals surface area contributed by atoms with E-state index in [-0.39, 0.29) is 11.3 Å². The smallest absolute Gasteiger partial charge is 0.260 e. The molecule has 0 aliphatic heterocycles. The minimum absolute atomic E-state index is 0.283. The van der Waals surface area contributed by atoms with Crippen molar-refractivity contribution in [3.63, 3.8) is 0 Å². The summed E-state index contributed by atoms with van der Waals surface area (Å²) in [6.07, 6.45) is 0.751. The number of amides is 1. The van der Waals surface area contributed by atoms with E-state index in [2.05, 4.69) is 0 Å². The number of carbonyl (C=O) groups is 1. The predicted octanol–water partition coefficient (Wildman–Crippen LogP) is 1.34. The largest absolute Gasteiger partial charge is 0.507 e. The SMILES string of the molecule is CCCN(CCN)C(=O)c1c(O)cccc1F. The summed E-state index contributed by atoms with van der Waals surface area (Å²) in [4.78, 5) is 13.5. The van der Waals surface area contributed by atoms with Gasteiger partial charge in [0.2, 0.25) is 0 Å². The number of aromatic hydroxyl groups is 1. The standard InChI is InChI=1S/C12H17FN2O2/c1-2-7-15(8-6-14)12(17)11-9(13)4-3-5-10(11)16/h3-5,16H,2,6-8,14H2,1H3. The van der Waals surface area contributed by atoms with Gasteiger partial charge in [0.05, 0.1) is 0 Å². The van der Waals surface area contributed by atoms with Crippen LogP contribution in [0.4, 0.5) is 4.39 Å². The highest BCUT2D eigenvalue weighted by atomic mass is 19.1. The Morgan fingerprint density at radius 2 is 2.18 bits per heavy atom. The third kappa shape index (κ3) is 3.17. The first-order valence-electron chi connectivity index (χ1n) is 5.58. The van der Waals surface area contributed by atoms with E-state index in [0.29, 0.717) is 19.6 Å². The van der Waals surface area contributed by atoms with Crippen molar-refractivity contribution in [3.8, 4) is 5.75 Å². The molecule has 0 fully saturated rings. The second-order valence-electron chi connectivity index (χ2n) is 3.71. The molecule has 4 nitrogen and oxygen atoms in total. The van der Waals surface area contributed by atoms with E-state index < -0.39 is 11.7 Å². The molecule has 94 valence electrons. The second kappa shape index (κ2) is 6.20.